The van der Waals surface area contributed by atoms with E-state index in [9.17, 15) is 14.7 Å². The number of carbonyl (C=O) groups is 2. The number of carbonyl (C=O) groups excluding carboxylic acids is 1. The molecule has 4 heteroatoms. The van der Waals surface area contributed by atoms with Crippen LogP contribution in [0.2, 0.25) is 0 Å². The Hall–Kier alpha value is -1.06. The number of carboxylic acids is 1. The van der Waals surface area contributed by atoms with Crippen LogP contribution < -0.4 is 5.32 Å². The molecule has 86 valence electrons. The average Bonchev–Trinajstić information content (AvgIpc) is 2.44. The highest BCUT2D eigenvalue weighted by molar-refractivity contribution is 5.84. The molecule has 1 saturated carbocycles. The van der Waals surface area contributed by atoms with Gasteiger partial charge in [-0.2, -0.15) is 0 Å². The Kier molecular flexibility index (Phi) is 4.12. The van der Waals surface area contributed by atoms with E-state index in [0.717, 1.165) is 25.7 Å². The van der Waals surface area contributed by atoms with Crippen LogP contribution in [-0.2, 0) is 9.59 Å². The zero-order valence-corrected chi connectivity index (χ0v) is 9.21. The van der Waals surface area contributed by atoms with Gasteiger partial charge in [-0.1, -0.05) is 25.7 Å². The van der Waals surface area contributed by atoms with Gasteiger partial charge in [0.15, 0.2) is 0 Å². The lowest BCUT2D eigenvalue weighted by molar-refractivity contribution is -0.152. The summed E-state index contributed by atoms with van der Waals surface area (Å²) in [6.07, 6.45) is 5.41. The number of amides is 1. The second kappa shape index (κ2) is 5.14. The summed E-state index contributed by atoms with van der Waals surface area (Å²) in [5.41, 5.74) is -0.809. The zero-order valence-electron chi connectivity index (χ0n) is 9.21. The van der Waals surface area contributed by atoms with Crippen LogP contribution in [-0.4, -0.2) is 24.0 Å². The van der Waals surface area contributed by atoms with E-state index in [4.69, 9.17) is 0 Å². The van der Waals surface area contributed by atoms with Crippen molar-refractivity contribution in [1.29, 1.82) is 0 Å². The predicted molar refractivity (Wildman–Crippen MR) is 56.5 cm³/mol. The number of rotatable bonds is 3. The van der Waals surface area contributed by atoms with Crippen LogP contribution >= 0.6 is 0 Å². The summed E-state index contributed by atoms with van der Waals surface area (Å²) in [6, 6.07) is 0. The molecule has 2 N–H and O–H groups in total. The molecule has 15 heavy (non-hydrogen) atoms. The van der Waals surface area contributed by atoms with Crippen molar-refractivity contribution < 1.29 is 14.7 Å². The van der Waals surface area contributed by atoms with Crippen LogP contribution in [0.3, 0.4) is 0 Å². The van der Waals surface area contributed by atoms with Crippen LogP contribution in [0, 0.1) is 5.41 Å². The Morgan fingerprint density at radius 2 is 1.73 bits per heavy atom. The van der Waals surface area contributed by atoms with Crippen molar-refractivity contribution in [2.24, 2.45) is 5.41 Å². The highest BCUT2D eigenvalue weighted by atomic mass is 16.4. The van der Waals surface area contributed by atoms with Gasteiger partial charge in [0.2, 0.25) is 5.91 Å². The average molecular weight is 213 g/mol. The molecule has 0 heterocycles. The van der Waals surface area contributed by atoms with E-state index in [1.807, 2.05) is 0 Å². The van der Waals surface area contributed by atoms with Crippen molar-refractivity contribution in [2.45, 2.75) is 44.9 Å². The maximum absolute atomic E-state index is 11.3. The minimum atomic E-state index is -0.812. The van der Waals surface area contributed by atoms with Crippen LogP contribution in [0.4, 0.5) is 0 Å². The van der Waals surface area contributed by atoms with Gasteiger partial charge in [0.05, 0.1) is 5.41 Å². The Balaban J connectivity index is 2.75. The maximum Gasteiger partial charge on any atom is 0.310 e. The number of hydrogen-bond acceptors (Lipinski definition) is 2. The van der Waals surface area contributed by atoms with E-state index in [0.29, 0.717) is 12.8 Å². The van der Waals surface area contributed by atoms with Crippen molar-refractivity contribution >= 4 is 11.9 Å². The minimum Gasteiger partial charge on any atom is -0.481 e. The number of aliphatic carboxylic acids is 1. The maximum atomic E-state index is 11.3. The molecule has 4 nitrogen and oxygen atoms in total. The van der Waals surface area contributed by atoms with Crippen molar-refractivity contribution in [3.8, 4) is 0 Å². The lowest BCUT2D eigenvalue weighted by atomic mass is 9.77. The summed E-state index contributed by atoms with van der Waals surface area (Å²) in [6.45, 7) is 0. The van der Waals surface area contributed by atoms with Gasteiger partial charge in [-0.25, -0.2) is 0 Å². The first-order valence-electron chi connectivity index (χ1n) is 5.55. The fourth-order valence-corrected chi connectivity index (χ4v) is 2.27. The lowest BCUT2D eigenvalue weighted by Gasteiger charge is -2.26. The highest BCUT2D eigenvalue weighted by Gasteiger charge is 2.40. The van der Waals surface area contributed by atoms with E-state index in [2.05, 4.69) is 5.32 Å². The SMILES string of the molecule is CNC(=O)CC1(C(=O)O)CCCCCC1. The third kappa shape index (κ3) is 2.94. The van der Waals surface area contributed by atoms with E-state index < -0.39 is 11.4 Å². The van der Waals surface area contributed by atoms with Crippen LogP contribution in [0.15, 0.2) is 0 Å². The Morgan fingerprint density at radius 1 is 1.20 bits per heavy atom. The van der Waals surface area contributed by atoms with E-state index in [1.165, 1.54) is 0 Å². The molecule has 1 rings (SSSR count). The van der Waals surface area contributed by atoms with Crippen LogP contribution in [0.1, 0.15) is 44.9 Å². The first kappa shape index (κ1) is 12.0. The third-order valence-electron chi connectivity index (χ3n) is 3.29. The summed E-state index contributed by atoms with van der Waals surface area (Å²) in [5, 5.41) is 11.8. The number of carboxylic acid groups (broad SMARTS) is 1. The van der Waals surface area contributed by atoms with Gasteiger partial charge >= 0.3 is 5.97 Å². The second-order valence-electron chi connectivity index (χ2n) is 4.35. The normalized spacial score (nSPS) is 20.3. The molecule has 1 aliphatic carbocycles. The van der Waals surface area contributed by atoms with Gasteiger partial charge in [0, 0.05) is 13.5 Å². The van der Waals surface area contributed by atoms with Gasteiger partial charge in [0.25, 0.3) is 0 Å². The molecule has 0 aromatic rings. The quantitative estimate of drug-likeness (QED) is 0.699. The summed E-state index contributed by atoms with van der Waals surface area (Å²) in [7, 11) is 1.55. The molecule has 0 aromatic carbocycles. The molecule has 0 radical (unpaired) electrons. The topological polar surface area (TPSA) is 66.4 Å². The summed E-state index contributed by atoms with van der Waals surface area (Å²) >= 11 is 0. The van der Waals surface area contributed by atoms with Gasteiger partial charge < -0.3 is 10.4 Å². The van der Waals surface area contributed by atoms with Gasteiger partial charge in [-0.05, 0) is 12.8 Å². The molecule has 0 saturated heterocycles. The molecule has 0 aromatic heterocycles. The molecule has 1 amide bonds. The first-order chi connectivity index (χ1) is 7.10. The molecule has 0 unspecified atom stereocenters. The van der Waals surface area contributed by atoms with Gasteiger partial charge in [-0.3, -0.25) is 9.59 Å². The largest absolute Gasteiger partial charge is 0.481 e. The summed E-state index contributed by atoms with van der Waals surface area (Å²) in [4.78, 5) is 22.6. The van der Waals surface area contributed by atoms with Crippen LogP contribution in [0.25, 0.3) is 0 Å². The summed E-state index contributed by atoms with van der Waals surface area (Å²) < 4.78 is 0. The Labute approximate surface area is 90.0 Å². The lowest BCUT2D eigenvalue weighted by Crippen LogP contribution is -2.36. The molecular formula is C11H19NO3. The Bertz CT molecular complexity index is 242. The standard InChI is InChI=1S/C11H19NO3/c1-12-9(13)8-11(10(14)15)6-4-2-3-5-7-11/h2-8H2,1H3,(H,12,13)(H,14,15). The number of hydrogen-bond donors (Lipinski definition) is 2. The van der Waals surface area contributed by atoms with E-state index in [-0.39, 0.29) is 12.3 Å². The van der Waals surface area contributed by atoms with Crippen molar-refractivity contribution in [1.82, 2.24) is 5.32 Å². The minimum absolute atomic E-state index is 0.124. The monoisotopic (exact) mass is 213 g/mol. The van der Waals surface area contributed by atoms with E-state index in [1.54, 1.807) is 7.05 Å². The van der Waals surface area contributed by atoms with Crippen molar-refractivity contribution in [3.63, 3.8) is 0 Å². The van der Waals surface area contributed by atoms with Gasteiger partial charge in [0.1, 0.15) is 0 Å². The van der Waals surface area contributed by atoms with Crippen LogP contribution in [0.5, 0.6) is 0 Å². The van der Waals surface area contributed by atoms with Gasteiger partial charge in [-0.15, -0.1) is 0 Å². The zero-order chi connectivity index (χ0) is 11.3. The Morgan fingerprint density at radius 3 is 2.13 bits per heavy atom. The number of nitrogens with one attached hydrogen (secondary N) is 1. The van der Waals surface area contributed by atoms with Crippen molar-refractivity contribution in [2.75, 3.05) is 7.05 Å². The summed E-state index contributed by atoms with van der Waals surface area (Å²) in [5.74, 6) is -0.979. The fraction of sp³-hybridized carbons (Fsp3) is 0.818. The molecule has 0 atom stereocenters. The van der Waals surface area contributed by atoms with Crippen molar-refractivity contribution in [3.05, 3.63) is 0 Å². The highest BCUT2D eigenvalue weighted by Crippen LogP contribution is 2.38. The fourth-order valence-electron chi connectivity index (χ4n) is 2.27. The third-order valence-corrected chi connectivity index (χ3v) is 3.29. The molecule has 1 fully saturated rings. The first-order valence-corrected chi connectivity index (χ1v) is 5.55. The molecule has 0 aliphatic heterocycles. The molecule has 0 bridgehead atoms. The molecular weight excluding hydrogens is 194 g/mol. The smallest absolute Gasteiger partial charge is 0.310 e. The van der Waals surface area contributed by atoms with E-state index >= 15 is 0 Å². The molecule has 1 aliphatic rings. The molecule has 0 spiro atoms. The predicted octanol–water partition coefficient (Wildman–Crippen LogP) is 1.55. The second-order valence-corrected chi connectivity index (χ2v) is 4.35.